The normalized spacial score (nSPS) is 14.9. The minimum Gasteiger partial charge on any atom is -0.349 e. The fourth-order valence-electron chi connectivity index (χ4n) is 4.30. The van der Waals surface area contributed by atoms with Gasteiger partial charge in [0.05, 0.1) is 5.69 Å². The zero-order chi connectivity index (χ0) is 20.7. The van der Waals surface area contributed by atoms with Crippen LogP contribution in [0.25, 0.3) is 27.6 Å². The summed E-state index contributed by atoms with van der Waals surface area (Å²) < 4.78 is 1.80. The summed E-state index contributed by atoms with van der Waals surface area (Å²) in [6.45, 7) is 7.54. The van der Waals surface area contributed by atoms with Crippen LogP contribution in [0, 0.1) is 13.8 Å². The highest BCUT2D eigenvalue weighted by molar-refractivity contribution is 7.99. The second-order valence-corrected chi connectivity index (χ2v) is 9.11. The first kappa shape index (κ1) is 19.4. The van der Waals surface area contributed by atoms with Crippen LogP contribution in [0.4, 0.5) is 0 Å². The van der Waals surface area contributed by atoms with E-state index in [9.17, 15) is 4.79 Å². The lowest BCUT2D eigenvalue weighted by Crippen LogP contribution is -2.24. The number of nitrogens with one attached hydrogen (secondary N) is 1. The first-order valence-electron chi connectivity index (χ1n) is 10.6. The number of nitrogens with zero attached hydrogens (tertiary/aromatic N) is 3. The quantitative estimate of drug-likeness (QED) is 0.378. The Morgan fingerprint density at radius 2 is 1.87 bits per heavy atom. The number of benzene rings is 2. The number of thioether (sulfide) groups is 1. The van der Waals surface area contributed by atoms with Crippen LogP contribution >= 0.6 is 11.8 Å². The van der Waals surface area contributed by atoms with Crippen molar-refractivity contribution in [3.8, 4) is 5.69 Å². The number of likely N-dealkylation sites (tertiary alicyclic amines) is 1. The highest BCUT2D eigenvalue weighted by atomic mass is 32.2. The third kappa shape index (κ3) is 3.34. The summed E-state index contributed by atoms with van der Waals surface area (Å²) >= 11 is 1.68. The average molecular weight is 419 g/mol. The number of para-hydroxylation sites is 1. The predicted octanol–water partition coefficient (Wildman–Crippen LogP) is 4.67. The van der Waals surface area contributed by atoms with E-state index < -0.39 is 0 Å². The SMILES string of the molecule is Cc1cccc(-n2c(SCCN3CCCC3)nc3c([nH]c4ccccc43)c2=O)c1C. The van der Waals surface area contributed by atoms with E-state index in [4.69, 9.17) is 4.98 Å². The van der Waals surface area contributed by atoms with E-state index in [0.29, 0.717) is 5.52 Å². The zero-order valence-electron chi connectivity index (χ0n) is 17.4. The average Bonchev–Trinajstić information content (AvgIpc) is 3.39. The van der Waals surface area contributed by atoms with E-state index in [-0.39, 0.29) is 5.56 Å². The molecule has 0 radical (unpaired) electrons. The number of aromatic nitrogens is 3. The fourth-order valence-corrected chi connectivity index (χ4v) is 5.30. The molecule has 1 aliphatic heterocycles. The third-order valence-electron chi connectivity index (χ3n) is 6.15. The number of aryl methyl sites for hydroxylation is 1. The summed E-state index contributed by atoms with van der Waals surface area (Å²) in [7, 11) is 0. The van der Waals surface area contributed by atoms with Gasteiger partial charge in [0.25, 0.3) is 5.56 Å². The molecular weight excluding hydrogens is 392 g/mol. The summed E-state index contributed by atoms with van der Waals surface area (Å²) in [5.74, 6) is 0.922. The molecule has 0 unspecified atom stereocenters. The molecule has 0 amide bonds. The maximum absolute atomic E-state index is 13.7. The van der Waals surface area contributed by atoms with E-state index in [1.165, 1.54) is 31.5 Å². The summed E-state index contributed by atoms with van der Waals surface area (Å²) in [6, 6.07) is 14.1. The highest BCUT2D eigenvalue weighted by Crippen LogP contribution is 2.28. The van der Waals surface area contributed by atoms with Crippen LogP contribution in [0.3, 0.4) is 0 Å². The van der Waals surface area contributed by atoms with Gasteiger partial charge in [-0.25, -0.2) is 4.98 Å². The molecule has 1 fully saturated rings. The van der Waals surface area contributed by atoms with Crippen molar-refractivity contribution in [2.75, 3.05) is 25.4 Å². The molecule has 2 aromatic heterocycles. The molecule has 30 heavy (non-hydrogen) atoms. The molecule has 4 aromatic rings. The monoisotopic (exact) mass is 418 g/mol. The van der Waals surface area contributed by atoms with Crippen LogP contribution in [0.15, 0.2) is 52.4 Å². The maximum atomic E-state index is 13.7. The molecule has 5 nitrogen and oxygen atoms in total. The standard InChI is InChI=1S/C24H26N4OS/c1-16-8-7-11-20(17(16)2)28-23(29)22-21(18-9-3-4-10-19(18)25-22)26-24(28)30-15-14-27-12-5-6-13-27/h3-4,7-11,25H,5-6,12-15H2,1-2H3. The minimum absolute atomic E-state index is 0.0337. The summed E-state index contributed by atoms with van der Waals surface area (Å²) in [4.78, 5) is 24.5. The van der Waals surface area contributed by atoms with E-state index in [0.717, 1.165) is 45.1 Å². The first-order valence-corrected chi connectivity index (χ1v) is 11.6. The van der Waals surface area contributed by atoms with Crippen LogP contribution in [0.5, 0.6) is 0 Å². The molecule has 154 valence electrons. The second-order valence-electron chi connectivity index (χ2n) is 8.05. The van der Waals surface area contributed by atoms with Crippen molar-refractivity contribution in [3.63, 3.8) is 0 Å². The molecule has 1 saturated heterocycles. The summed E-state index contributed by atoms with van der Waals surface area (Å²) in [5, 5.41) is 1.77. The summed E-state index contributed by atoms with van der Waals surface area (Å²) in [6.07, 6.45) is 2.58. The van der Waals surface area contributed by atoms with Crippen molar-refractivity contribution < 1.29 is 0 Å². The number of hydrogen-bond acceptors (Lipinski definition) is 4. The molecule has 6 heteroatoms. The van der Waals surface area contributed by atoms with Gasteiger partial charge in [-0.15, -0.1) is 0 Å². The Kier molecular flexibility index (Phi) is 5.13. The number of aromatic amines is 1. The Morgan fingerprint density at radius 3 is 2.70 bits per heavy atom. The Morgan fingerprint density at radius 1 is 1.07 bits per heavy atom. The van der Waals surface area contributed by atoms with E-state index >= 15 is 0 Å². The summed E-state index contributed by atoms with van der Waals surface area (Å²) in [5.41, 5.74) is 5.44. The molecule has 0 spiro atoms. The molecule has 1 N–H and O–H groups in total. The molecule has 0 aliphatic carbocycles. The molecule has 5 rings (SSSR count). The number of H-pyrrole nitrogens is 1. The van der Waals surface area contributed by atoms with Gasteiger partial charge in [0, 0.05) is 23.2 Å². The van der Waals surface area contributed by atoms with Crippen LogP contribution in [-0.4, -0.2) is 44.8 Å². The lowest BCUT2D eigenvalue weighted by atomic mass is 10.1. The van der Waals surface area contributed by atoms with E-state index in [1.54, 1.807) is 16.3 Å². The topological polar surface area (TPSA) is 53.9 Å². The maximum Gasteiger partial charge on any atom is 0.283 e. The number of hydrogen-bond donors (Lipinski definition) is 1. The Bertz CT molecular complexity index is 1280. The van der Waals surface area contributed by atoms with Gasteiger partial charge in [-0.1, -0.05) is 42.1 Å². The lowest BCUT2D eigenvalue weighted by Gasteiger charge is -2.17. The lowest BCUT2D eigenvalue weighted by molar-refractivity contribution is 0.362. The van der Waals surface area contributed by atoms with Crippen molar-refractivity contribution in [3.05, 3.63) is 63.9 Å². The van der Waals surface area contributed by atoms with Crippen molar-refractivity contribution >= 4 is 33.7 Å². The van der Waals surface area contributed by atoms with Crippen LogP contribution < -0.4 is 5.56 Å². The minimum atomic E-state index is -0.0337. The Balaban J connectivity index is 1.66. The smallest absolute Gasteiger partial charge is 0.283 e. The molecular formula is C24H26N4OS. The van der Waals surface area contributed by atoms with Crippen molar-refractivity contribution in [1.29, 1.82) is 0 Å². The molecule has 3 heterocycles. The second kappa shape index (κ2) is 7.93. The van der Waals surface area contributed by atoms with Crippen LogP contribution in [-0.2, 0) is 0 Å². The fraction of sp³-hybridized carbons (Fsp3) is 0.333. The Labute approximate surface area is 180 Å². The van der Waals surface area contributed by atoms with Gasteiger partial charge in [-0.3, -0.25) is 9.36 Å². The zero-order valence-corrected chi connectivity index (χ0v) is 18.3. The van der Waals surface area contributed by atoms with Gasteiger partial charge in [0.1, 0.15) is 11.0 Å². The van der Waals surface area contributed by atoms with Gasteiger partial charge in [-0.2, -0.15) is 0 Å². The van der Waals surface area contributed by atoms with E-state index in [2.05, 4.69) is 29.8 Å². The van der Waals surface area contributed by atoms with E-state index in [1.807, 2.05) is 36.4 Å². The van der Waals surface area contributed by atoms with Gasteiger partial charge in [-0.05, 0) is 63.0 Å². The van der Waals surface area contributed by atoms with Crippen LogP contribution in [0.1, 0.15) is 24.0 Å². The molecule has 0 saturated carbocycles. The number of rotatable bonds is 5. The molecule has 1 aliphatic rings. The highest BCUT2D eigenvalue weighted by Gasteiger charge is 2.19. The molecule has 0 atom stereocenters. The Hall–Kier alpha value is -2.57. The number of fused-ring (bicyclic) bond motifs is 3. The van der Waals surface area contributed by atoms with Crippen LogP contribution in [0.2, 0.25) is 0 Å². The van der Waals surface area contributed by atoms with Crippen molar-refractivity contribution in [2.24, 2.45) is 0 Å². The van der Waals surface area contributed by atoms with Gasteiger partial charge < -0.3 is 9.88 Å². The predicted molar refractivity (Wildman–Crippen MR) is 125 cm³/mol. The molecule has 2 aromatic carbocycles. The van der Waals surface area contributed by atoms with Gasteiger partial charge in [0.2, 0.25) is 0 Å². The molecule has 0 bridgehead atoms. The first-order chi connectivity index (χ1) is 14.6. The largest absolute Gasteiger partial charge is 0.349 e. The van der Waals surface area contributed by atoms with Gasteiger partial charge >= 0.3 is 0 Å². The van der Waals surface area contributed by atoms with Crippen molar-refractivity contribution in [2.45, 2.75) is 31.8 Å². The van der Waals surface area contributed by atoms with Gasteiger partial charge in [0.15, 0.2) is 5.16 Å². The van der Waals surface area contributed by atoms with Crippen molar-refractivity contribution in [1.82, 2.24) is 19.4 Å². The third-order valence-corrected chi connectivity index (χ3v) is 7.07.